The molecule has 0 spiro atoms. The smallest absolute Gasteiger partial charge is 0.128 e. The van der Waals surface area contributed by atoms with Gasteiger partial charge in [0.05, 0.1) is 11.4 Å². The lowest BCUT2D eigenvalue weighted by Gasteiger charge is -2.01. The molecule has 2 rings (SSSR count). The summed E-state index contributed by atoms with van der Waals surface area (Å²) < 4.78 is 27.4. The van der Waals surface area contributed by atoms with E-state index < -0.39 is 11.6 Å². The molecule has 1 aromatic carbocycles. The SMILES string of the molecule is CNCc1ccn(-c2cc(F)cc(F)c2)n1. The molecule has 1 aromatic heterocycles. The van der Waals surface area contributed by atoms with Crippen molar-refractivity contribution in [2.45, 2.75) is 6.54 Å². The van der Waals surface area contributed by atoms with E-state index in [-0.39, 0.29) is 0 Å². The van der Waals surface area contributed by atoms with Crippen molar-refractivity contribution in [3.8, 4) is 5.69 Å². The highest BCUT2D eigenvalue weighted by atomic mass is 19.1. The van der Waals surface area contributed by atoms with Crippen LogP contribution in [0.4, 0.5) is 8.78 Å². The number of hydrogen-bond acceptors (Lipinski definition) is 2. The molecule has 1 heterocycles. The molecule has 5 heteroatoms. The lowest BCUT2D eigenvalue weighted by atomic mass is 10.3. The van der Waals surface area contributed by atoms with E-state index in [2.05, 4.69) is 10.4 Å². The molecule has 0 aliphatic rings. The fourth-order valence-corrected chi connectivity index (χ4v) is 1.45. The fourth-order valence-electron chi connectivity index (χ4n) is 1.45. The van der Waals surface area contributed by atoms with Crippen molar-refractivity contribution < 1.29 is 8.78 Å². The zero-order valence-corrected chi connectivity index (χ0v) is 8.74. The first-order chi connectivity index (χ1) is 7.69. The van der Waals surface area contributed by atoms with Gasteiger partial charge in [-0.2, -0.15) is 5.10 Å². The van der Waals surface area contributed by atoms with Crippen LogP contribution in [0.3, 0.4) is 0 Å². The van der Waals surface area contributed by atoms with E-state index in [4.69, 9.17) is 0 Å². The molecular formula is C11H11F2N3. The lowest BCUT2D eigenvalue weighted by molar-refractivity contribution is 0.579. The van der Waals surface area contributed by atoms with Gasteiger partial charge in [0.15, 0.2) is 0 Å². The van der Waals surface area contributed by atoms with Crippen LogP contribution in [0.2, 0.25) is 0 Å². The van der Waals surface area contributed by atoms with Crippen molar-refractivity contribution in [1.29, 1.82) is 0 Å². The van der Waals surface area contributed by atoms with Crippen LogP contribution in [0.5, 0.6) is 0 Å². The molecule has 0 fully saturated rings. The summed E-state index contributed by atoms with van der Waals surface area (Å²) >= 11 is 0. The Hall–Kier alpha value is -1.75. The Morgan fingerprint density at radius 1 is 1.25 bits per heavy atom. The second-order valence-corrected chi connectivity index (χ2v) is 3.41. The van der Waals surface area contributed by atoms with Gasteiger partial charge in [0.25, 0.3) is 0 Å². The molecule has 0 aliphatic heterocycles. The minimum absolute atomic E-state index is 0.375. The monoisotopic (exact) mass is 223 g/mol. The van der Waals surface area contributed by atoms with Gasteiger partial charge in [0.1, 0.15) is 11.6 Å². The summed E-state index contributed by atoms with van der Waals surface area (Å²) in [6.45, 7) is 0.616. The molecule has 0 atom stereocenters. The zero-order valence-electron chi connectivity index (χ0n) is 8.74. The number of rotatable bonds is 3. The minimum Gasteiger partial charge on any atom is -0.314 e. The van der Waals surface area contributed by atoms with Crippen LogP contribution in [0.15, 0.2) is 30.5 Å². The van der Waals surface area contributed by atoms with Gasteiger partial charge in [-0.15, -0.1) is 0 Å². The van der Waals surface area contributed by atoms with Crippen molar-refractivity contribution in [2.24, 2.45) is 0 Å². The van der Waals surface area contributed by atoms with Crippen molar-refractivity contribution in [3.63, 3.8) is 0 Å². The van der Waals surface area contributed by atoms with Crippen molar-refractivity contribution in [2.75, 3.05) is 7.05 Å². The highest BCUT2D eigenvalue weighted by molar-refractivity contribution is 5.32. The Morgan fingerprint density at radius 3 is 2.56 bits per heavy atom. The van der Waals surface area contributed by atoms with Gasteiger partial charge in [-0.1, -0.05) is 0 Å². The zero-order chi connectivity index (χ0) is 11.5. The molecule has 0 unspecified atom stereocenters. The molecule has 16 heavy (non-hydrogen) atoms. The highest BCUT2D eigenvalue weighted by Gasteiger charge is 2.04. The van der Waals surface area contributed by atoms with Crippen LogP contribution < -0.4 is 5.32 Å². The number of benzene rings is 1. The van der Waals surface area contributed by atoms with E-state index in [9.17, 15) is 8.78 Å². The van der Waals surface area contributed by atoms with E-state index in [0.717, 1.165) is 11.8 Å². The van der Waals surface area contributed by atoms with Crippen LogP contribution >= 0.6 is 0 Å². The first-order valence-electron chi connectivity index (χ1n) is 4.84. The molecule has 0 aliphatic carbocycles. The number of hydrogen-bond donors (Lipinski definition) is 1. The number of nitrogens with zero attached hydrogens (tertiary/aromatic N) is 2. The average Bonchev–Trinajstić information content (AvgIpc) is 2.65. The van der Waals surface area contributed by atoms with E-state index in [1.54, 1.807) is 19.3 Å². The Balaban J connectivity index is 2.34. The first kappa shape index (κ1) is 10.8. The van der Waals surface area contributed by atoms with Gasteiger partial charge in [-0.05, 0) is 25.2 Å². The van der Waals surface area contributed by atoms with Crippen LogP contribution in [-0.4, -0.2) is 16.8 Å². The molecule has 0 saturated heterocycles. The normalized spacial score (nSPS) is 10.7. The Morgan fingerprint density at radius 2 is 1.94 bits per heavy atom. The topological polar surface area (TPSA) is 29.9 Å². The summed E-state index contributed by atoms with van der Waals surface area (Å²) in [6.07, 6.45) is 1.67. The molecular weight excluding hydrogens is 212 g/mol. The predicted molar refractivity (Wildman–Crippen MR) is 56.2 cm³/mol. The highest BCUT2D eigenvalue weighted by Crippen LogP contribution is 2.12. The maximum absolute atomic E-state index is 13.0. The summed E-state index contributed by atoms with van der Waals surface area (Å²) in [5.41, 5.74) is 1.19. The average molecular weight is 223 g/mol. The third-order valence-corrected chi connectivity index (χ3v) is 2.11. The Kier molecular flexibility index (Phi) is 2.96. The second kappa shape index (κ2) is 4.40. The Labute approximate surface area is 91.7 Å². The fraction of sp³-hybridized carbons (Fsp3) is 0.182. The van der Waals surface area contributed by atoms with E-state index in [1.807, 2.05) is 0 Å². The van der Waals surface area contributed by atoms with Crippen molar-refractivity contribution in [1.82, 2.24) is 15.1 Å². The van der Waals surface area contributed by atoms with Crippen molar-refractivity contribution in [3.05, 3.63) is 47.8 Å². The number of aromatic nitrogens is 2. The van der Waals surface area contributed by atoms with Gasteiger partial charge in [-0.3, -0.25) is 0 Å². The molecule has 2 aromatic rings. The predicted octanol–water partition coefficient (Wildman–Crippen LogP) is 1.87. The van der Waals surface area contributed by atoms with Crippen LogP contribution in [0.1, 0.15) is 5.69 Å². The molecule has 1 N–H and O–H groups in total. The lowest BCUT2D eigenvalue weighted by Crippen LogP contribution is -2.06. The molecule has 84 valence electrons. The summed E-state index contributed by atoms with van der Waals surface area (Å²) in [5.74, 6) is -1.22. The van der Waals surface area contributed by atoms with Crippen molar-refractivity contribution >= 4 is 0 Å². The summed E-state index contributed by atoms with van der Waals surface area (Å²) in [7, 11) is 1.81. The maximum atomic E-state index is 13.0. The third-order valence-electron chi connectivity index (χ3n) is 2.11. The molecule has 0 amide bonds. The maximum Gasteiger partial charge on any atom is 0.128 e. The molecule has 3 nitrogen and oxygen atoms in total. The summed E-state index contributed by atoms with van der Waals surface area (Å²) in [5, 5.41) is 7.12. The van der Waals surface area contributed by atoms with E-state index >= 15 is 0 Å². The van der Waals surface area contributed by atoms with E-state index in [1.165, 1.54) is 16.8 Å². The molecule has 0 bridgehead atoms. The number of halogens is 2. The van der Waals surface area contributed by atoms with Crippen LogP contribution in [0, 0.1) is 11.6 Å². The summed E-state index contributed by atoms with van der Waals surface area (Å²) in [6, 6.07) is 5.10. The quantitative estimate of drug-likeness (QED) is 0.860. The molecule has 0 saturated carbocycles. The van der Waals surface area contributed by atoms with Gasteiger partial charge < -0.3 is 5.32 Å². The van der Waals surface area contributed by atoms with E-state index in [0.29, 0.717) is 12.2 Å². The first-order valence-corrected chi connectivity index (χ1v) is 4.84. The molecule has 0 radical (unpaired) electrons. The summed E-state index contributed by atoms with van der Waals surface area (Å²) in [4.78, 5) is 0. The standard InChI is InChI=1S/C11H11F2N3/c1-14-7-10-2-3-16(15-10)11-5-8(12)4-9(13)6-11/h2-6,14H,7H2,1H3. The Bertz CT molecular complexity index is 473. The van der Waals surface area contributed by atoms with Gasteiger partial charge >= 0.3 is 0 Å². The third kappa shape index (κ3) is 2.25. The minimum atomic E-state index is -0.610. The van der Waals surface area contributed by atoms with Crippen LogP contribution in [-0.2, 0) is 6.54 Å². The second-order valence-electron chi connectivity index (χ2n) is 3.41. The number of nitrogens with one attached hydrogen (secondary N) is 1. The van der Waals surface area contributed by atoms with Gasteiger partial charge in [0, 0.05) is 18.8 Å². The van der Waals surface area contributed by atoms with Crippen LogP contribution in [0.25, 0.3) is 5.69 Å². The van der Waals surface area contributed by atoms with Gasteiger partial charge in [-0.25, -0.2) is 13.5 Å². The largest absolute Gasteiger partial charge is 0.314 e. The van der Waals surface area contributed by atoms with Gasteiger partial charge in [0.2, 0.25) is 0 Å².